The number of hydrogen-bond donors (Lipinski definition) is 1. The van der Waals surface area contributed by atoms with E-state index in [1.165, 1.54) is 0 Å². The maximum atomic E-state index is 12.2. The summed E-state index contributed by atoms with van der Waals surface area (Å²) in [6.07, 6.45) is -4.53. The van der Waals surface area contributed by atoms with Crippen molar-refractivity contribution >= 4 is 5.69 Å². The maximum Gasteiger partial charge on any atom is 0.280 e. The van der Waals surface area contributed by atoms with Crippen LogP contribution in [0.4, 0.5) is 23.2 Å². The Morgan fingerprint density at radius 3 is 2.53 bits per heavy atom. The van der Waals surface area contributed by atoms with Crippen LogP contribution < -0.4 is 10.5 Å². The number of halogens is 4. The molecule has 0 aliphatic rings. The van der Waals surface area contributed by atoms with Gasteiger partial charge in [-0.05, 0) is 0 Å². The molecular formula is C8H8F4N2O. The van der Waals surface area contributed by atoms with Gasteiger partial charge in [0.2, 0.25) is 0 Å². The molecule has 1 heterocycles. The number of alkyl halides is 4. The molecule has 7 heteroatoms. The molecule has 0 unspecified atom stereocenters. The Balaban J connectivity index is 2.81. The van der Waals surface area contributed by atoms with E-state index in [1.807, 2.05) is 0 Å². The Morgan fingerprint density at radius 1 is 1.33 bits per heavy atom. The van der Waals surface area contributed by atoms with Crippen LogP contribution in [0.2, 0.25) is 0 Å². The van der Waals surface area contributed by atoms with Crippen LogP contribution in [0.3, 0.4) is 0 Å². The molecule has 84 valence electrons. The molecule has 0 aromatic carbocycles. The lowest BCUT2D eigenvalue weighted by atomic mass is 10.3. The zero-order valence-electron chi connectivity index (χ0n) is 7.46. The number of nitrogen functional groups attached to an aromatic ring is 1. The van der Waals surface area contributed by atoms with E-state index in [-0.39, 0.29) is 11.4 Å². The molecule has 15 heavy (non-hydrogen) atoms. The fourth-order valence-corrected chi connectivity index (χ4v) is 0.860. The minimum absolute atomic E-state index is 0.0555. The first-order valence-corrected chi connectivity index (χ1v) is 3.95. The van der Waals surface area contributed by atoms with Crippen LogP contribution in [0.15, 0.2) is 12.3 Å². The van der Waals surface area contributed by atoms with Crippen molar-refractivity contribution in [2.45, 2.75) is 12.9 Å². The van der Waals surface area contributed by atoms with E-state index in [1.54, 1.807) is 0 Å². The number of nitrogens with two attached hydrogens (primary N) is 1. The van der Waals surface area contributed by atoms with Gasteiger partial charge in [-0.25, -0.2) is 17.6 Å². The summed E-state index contributed by atoms with van der Waals surface area (Å²) in [5, 5.41) is 0. The van der Waals surface area contributed by atoms with Crippen molar-refractivity contribution in [3.63, 3.8) is 0 Å². The number of nitrogens with zero attached hydrogens (tertiary/aromatic N) is 1. The van der Waals surface area contributed by atoms with Crippen LogP contribution in [0, 0.1) is 0 Å². The summed E-state index contributed by atoms with van der Waals surface area (Å²) in [7, 11) is 0. The smallest absolute Gasteiger partial charge is 0.280 e. The van der Waals surface area contributed by atoms with Crippen molar-refractivity contribution in [1.82, 2.24) is 4.98 Å². The topological polar surface area (TPSA) is 48.1 Å². The summed E-state index contributed by atoms with van der Waals surface area (Å²) in [6.45, 7) is -0.892. The summed E-state index contributed by atoms with van der Waals surface area (Å²) >= 11 is 0. The highest BCUT2D eigenvalue weighted by atomic mass is 19.3. The van der Waals surface area contributed by atoms with Gasteiger partial charge in [0, 0.05) is 6.07 Å². The molecule has 0 bridgehead atoms. The number of pyridine rings is 1. The predicted molar refractivity (Wildman–Crippen MR) is 45.1 cm³/mol. The Bertz CT molecular complexity index is 332. The number of rotatable bonds is 4. The molecule has 2 N–H and O–H groups in total. The highest BCUT2D eigenvalue weighted by Crippen LogP contribution is 2.26. The predicted octanol–water partition coefficient (Wildman–Crippen LogP) is 2.25. The third kappa shape index (κ3) is 3.26. The molecule has 0 saturated carbocycles. The number of hydrogen-bond acceptors (Lipinski definition) is 3. The van der Waals surface area contributed by atoms with Gasteiger partial charge in [-0.3, -0.25) is 4.98 Å². The van der Waals surface area contributed by atoms with Gasteiger partial charge in [0.15, 0.2) is 0 Å². The van der Waals surface area contributed by atoms with E-state index in [2.05, 4.69) is 9.72 Å². The van der Waals surface area contributed by atoms with Crippen LogP contribution in [0.5, 0.6) is 5.75 Å². The van der Waals surface area contributed by atoms with Gasteiger partial charge in [-0.2, -0.15) is 0 Å². The quantitative estimate of drug-likeness (QED) is 0.798. The molecule has 0 aliphatic heterocycles. The van der Waals surface area contributed by atoms with Crippen LogP contribution in [0.25, 0.3) is 0 Å². The van der Waals surface area contributed by atoms with Crippen molar-refractivity contribution in [2.75, 3.05) is 12.3 Å². The standard InChI is InChI=1S/C8H8F4N2O/c9-7(10)3-15-6-1-5(8(11)12)14-2-4(6)13/h1-2,7-8H,3,13H2. The van der Waals surface area contributed by atoms with Crippen LogP contribution in [-0.4, -0.2) is 18.0 Å². The Labute approximate surface area is 82.9 Å². The second-order valence-electron chi connectivity index (χ2n) is 2.65. The first kappa shape index (κ1) is 11.5. The molecule has 0 radical (unpaired) electrons. The van der Waals surface area contributed by atoms with Crippen molar-refractivity contribution in [3.8, 4) is 5.75 Å². The molecular weight excluding hydrogens is 216 g/mol. The van der Waals surface area contributed by atoms with E-state index >= 15 is 0 Å². The second kappa shape index (κ2) is 4.81. The van der Waals surface area contributed by atoms with Crippen LogP contribution in [0.1, 0.15) is 12.1 Å². The van der Waals surface area contributed by atoms with Crippen molar-refractivity contribution in [1.29, 1.82) is 0 Å². The zero-order valence-corrected chi connectivity index (χ0v) is 7.46. The lowest BCUT2D eigenvalue weighted by molar-refractivity contribution is 0.0818. The third-order valence-electron chi connectivity index (χ3n) is 1.50. The molecule has 0 aliphatic carbocycles. The molecule has 1 aromatic rings. The van der Waals surface area contributed by atoms with Gasteiger partial charge in [0.05, 0.1) is 11.9 Å². The summed E-state index contributed by atoms with van der Waals surface area (Å²) in [5.41, 5.74) is 4.68. The van der Waals surface area contributed by atoms with Crippen LogP contribution in [-0.2, 0) is 0 Å². The Hall–Kier alpha value is -1.53. The minimum Gasteiger partial charge on any atom is -0.485 e. The first-order valence-electron chi connectivity index (χ1n) is 3.95. The molecule has 0 atom stereocenters. The van der Waals surface area contributed by atoms with Gasteiger partial charge in [-0.1, -0.05) is 0 Å². The molecule has 1 rings (SSSR count). The highest BCUT2D eigenvalue weighted by molar-refractivity contribution is 5.51. The average Bonchev–Trinajstić information content (AvgIpc) is 2.16. The van der Waals surface area contributed by atoms with Gasteiger partial charge in [-0.15, -0.1) is 0 Å². The second-order valence-corrected chi connectivity index (χ2v) is 2.65. The van der Waals surface area contributed by atoms with Gasteiger partial charge in [0.1, 0.15) is 18.1 Å². The molecule has 1 aromatic heterocycles. The molecule has 0 saturated heterocycles. The first-order chi connectivity index (χ1) is 7.00. The summed E-state index contributed by atoms with van der Waals surface area (Å²) in [4.78, 5) is 3.32. The fourth-order valence-electron chi connectivity index (χ4n) is 0.860. The van der Waals surface area contributed by atoms with Gasteiger partial charge >= 0.3 is 0 Å². The Kier molecular flexibility index (Phi) is 3.70. The lowest BCUT2D eigenvalue weighted by Gasteiger charge is -2.09. The van der Waals surface area contributed by atoms with Gasteiger partial charge in [0.25, 0.3) is 12.9 Å². The average molecular weight is 224 g/mol. The number of anilines is 1. The minimum atomic E-state index is -2.79. The van der Waals surface area contributed by atoms with Crippen molar-refractivity contribution in [3.05, 3.63) is 18.0 Å². The monoisotopic (exact) mass is 224 g/mol. The maximum absolute atomic E-state index is 12.2. The lowest BCUT2D eigenvalue weighted by Crippen LogP contribution is -2.09. The fraction of sp³-hybridized carbons (Fsp3) is 0.375. The molecule has 0 spiro atoms. The largest absolute Gasteiger partial charge is 0.485 e. The summed E-state index contributed by atoms with van der Waals surface area (Å²) in [5.74, 6) is -0.208. The van der Waals surface area contributed by atoms with E-state index in [9.17, 15) is 17.6 Å². The molecule has 0 amide bonds. The summed E-state index contributed by atoms with van der Waals surface area (Å²) in [6, 6.07) is 0.850. The molecule has 0 fully saturated rings. The third-order valence-corrected chi connectivity index (χ3v) is 1.50. The number of ether oxygens (including phenoxy) is 1. The van der Waals surface area contributed by atoms with Gasteiger partial charge < -0.3 is 10.5 Å². The normalized spacial score (nSPS) is 11.1. The number of aromatic nitrogens is 1. The highest BCUT2D eigenvalue weighted by Gasteiger charge is 2.13. The zero-order chi connectivity index (χ0) is 11.4. The van der Waals surface area contributed by atoms with Crippen LogP contribution >= 0.6 is 0 Å². The Morgan fingerprint density at radius 2 is 2.00 bits per heavy atom. The van der Waals surface area contributed by atoms with Crippen molar-refractivity contribution < 1.29 is 22.3 Å². The summed E-state index contributed by atoms with van der Waals surface area (Å²) < 4.78 is 52.4. The van der Waals surface area contributed by atoms with E-state index in [4.69, 9.17) is 5.73 Å². The van der Waals surface area contributed by atoms with E-state index in [0.717, 1.165) is 12.3 Å². The molecule has 3 nitrogen and oxygen atoms in total. The van der Waals surface area contributed by atoms with E-state index in [0.29, 0.717) is 0 Å². The van der Waals surface area contributed by atoms with E-state index < -0.39 is 25.2 Å². The van der Waals surface area contributed by atoms with Crippen molar-refractivity contribution in [2.24, 2.45) is 0 Å². The SMILES string of the molecule is Nc1cnc(C(F)F)cc1OCC(F)F.